The van der Waals surface area contributed by atoms with Crippen molar-refractivity contribution in [2.75, 3.05) is 0 Å². The van der Waals surface area contributed by atoms with Gasteiger partial charge >= 0.3 is 0 Å². The summed E-state index contributed by atoms with van der Waals surface area (Å²) in [6, 6.07) is 24.3. The van der Waals surface area contributed by atoms with E-state index < -0.39 is 0 Å². The zero-order chi connectivity index (χ0) is 17.2. The molecule has 0 atom stereocenters. The predicted molar refractivity (Wildman–Crippen MR) is 99.9 cm³/mol. The molecule has 0 saturated carbocycles. The molecule has 3 heteroatoms. The van der Waals surface area contributed by atoms with Gasteiger partial charge in [0.1, 0.15) is 0 Å². The van der Waals surface area contributed by atoms with Gasteiger partial charge in [-0.25, -0.2) is 9.97 Å². The van der Waals surface area contributed by atoms with Crippen molar-refractivity contribution in [1.82, 2.24) is 9.97 Å². The first-order valence-corrected chi connectivity index (χ1v) is 8.08. The number of aryl methyl sites for hydroxylation is 1. The molecular weight excluding hydrogens is 306 g/mol. The van der Waals surface area contributed by atoms with Gasteiger partial charge in [-0.15, -0.1) is 0 Å². The molecule has 0 N–H and O–H groups in total. The normalized spacial score (nSPS) is 10.6. The highest BCUT2D eigenvalue weighted by Crippen LogP contribution is 2.31. The van der Waals surface area contributed by atoms with Crippen molar-refractivity contribution in [1.29, 1.82) is 5.26 Å². The molecule has 2 heterocycles. The number of nitrogens with zero attached hydrogens (tertiary/aromatic N) is 3. The Hall–Kier alpha value is -3.51. The van der Waals surface area contributed by atoms with Crippen LogP contribution in [-0.2, 0) is 0 Å². The van der Waals surface area contributed by atoms with E-state index in [-0.39, 0.29) is 0 Å². The average molecular weight is 321 g/mol. The maximum absolute atomic E-state index is 9.37. The van der Waals surface area contributed by atoms with E-state index in [1.165, 1.54) is 0 Å². The number of benzene rings is 2. The smallest absolute Gasteiger partial charge is 0.159 e. The highest BCUT2D eigenvalue weighted by atomic mass is 14.8. The van der Waals surface area contributed by atoms with Crippen molar-refractivity contribution in [2.24, 2.45) is 0 Å². The minimum atomic E-state index is 0.677. The van der Waals surface area contributed by atoms with Gasteiger partial charge in [0.05, 0.1) is 11.6 Å². The average Bonchev–Trinajstić information content (AvgIpc) is 2.67. The summed E-state index contributed by atoms with van der Waals surface area (Å²) >= 11 is 0. The Morgan fingerprint density at radius 2 is 1.64 bits per heavy atom. The van der Waals surface area contributed by atoms with Crippen LogP contribution in [0.25, 0.3) is 33.3 Å². The van der Waals surface area contributed by atoms with Crippen molar-refractivity contribution < 1.29 is 0 Å². The summed E-state index contributed by atoms with van der Waals surface area (Å²) in [4.78, 5) is 8.90. The number of pyridine rings is 2. The number of hydrogen-bond acceptors (Lipinski definition) is 3. The van der Waals surface area contributed by atoms with Gasteiger partial charge in [0.15, 0.2) is 5.65 Å². The van der Waals surface area contributed by atoms with Gasteiger partial charge in [0.2, 0.25) is 0 Å². The van der Waals surface area contributed by atoms with E-state index in [1.807, 2.05) is 55.5 Å². The molecule has 118 valence electrons. The Kier molecular flexibility index (Phi) is 3.72. The first-order valence-electron chi connectivity index (χ1n) is 8.08. The van der Waals surface area contributed by atoms with Crippen LogP contribution < -0.4 is 0 Å². The Labute approximate surface area is 146 Å². The number of nitriles is 1. The Morgan fingerprint density at radius 1 is 0.840 bits per heavy atom. The van der Waals surface area contributed by atoms with Crippen molar-refractivity contribution in [3.05, 3.63) is 84.2 Å². The van der Waals surface area contributed by atoms with Crippen LogP contribution in [0.4, 0.5) is 0 Å². The van der Waals surface area contributed by atoms with Crippen LogP contribution in [0, 0.1) is 18.3 Å². The quantitative estimate of drug-likeness (QED) is 0.513. The minimum absolute atomic E-state index is 0.677. The lowest BCUT2D eigenvalue weighted by atomic mass is 9.95. The summed E-state index contributed by atoms with van der Waals surface area (Å²) < 4.78 is 0. The number of fused-ring (bicyclic) bond motifs is 1. The highest BCUT2D eigenvalue weighted by Gasteiger charge is 2.09. The maximum Gasteiger partial charge on any atom is 0.159 e. The third-order valence-corrected chi connectivity index (χ3v) is 4.27. The van der Waals surface area contributed by atoms with E-state index in [0.29, 0.717) is 5.56 Å². The van der Waals surface area contributed by atoms with Crippen molar-refractivity contribution in [3.8, 4) is 28.3 Å². The molecule has 25 heavy (non-hydrogen) atoms. The molecule has 4 rings (SSSR count). The lowest BCUT2D eigenvalue weighted by Crippen LogP contribution is -1.90. The summed E-state index contributed by atoms with van der Waals surface area (Å²) in [5.41, 5.74) is 6.53. The van der Waals surface area contributed by atoms with Gasteiger partial charge in [-0.2, -0.15) is 5.26 Å². The summed E-state index contributed by atoms with van der Waals surface area (Å²) in [5.74, 6) is 0. The van der Waals surface area contributed by atoms with Gasteiger partial charge in [-0.05, 0) is 59.5 Å². The second-order valence-electron chi connectivity index (χ2n) is 5.92. The number of rotatable bonds is 2. The maximum atomic E-state index is 9.37. The topological polar surface area (TPSA) is 49.6 Å². The molecule has 3 nitrogen and oxygen atoms in total. The van der Waals surface area contributed by atoms with Gasteiger partial charge < -0.3 is 0 Å². The van der Waals surface area contributed by atoms with Gasteiger partial charge in [-0.3, -0.25) is 0 Å². The van der Waals surface area contributed by atoms with Crippen LogP contribution in [0.1, 0.15) is 11.3 Å². The van der Waals surface area contributed by atoms with E-state index in [2.05, 4.69) is 34.2 Å². The molecule has 0 radical (unpaired) electrons. The first-order chi connectivity index (χ1) is 12.3. The predicted octanol–water partition coefficient (Wildman–Crippen LogP) is 5.14. The van der Waals surface area contributed by atoms with Crippen molar-refractivity contribution >= 4 is 11.0 Å². The zero-order valence-electron chi connectivity index (χ0n) is 13.8. The molecule has 0 amide bonds. The fourth-order valence-corrected chi connectivity index (χ4v) is 3.06. The van der Waals surface area contributed by atoms with E-state index >= 15 is 0 Å². The SMILES string of the molecule is Cc1ccc2c(-c3cccc(-c4ccccc4C#N)c3)ccnc2n1. The minimum Gasteiger partial charge on any atom is -0.237 e. The summed E-state index contributed by atoms with van der Waals surface area (Å²) in [6.45, 7) is 1.97. The van der Waals surface area contributed by atoms with Crippen LogP contribution in [0.5, 0.6) is 0 Å². The van der Waals surface area contributed by atoms with Gasteiger partial charge in [0, 0.05) is 17.3 Å². The number of hydrogen-bond donors (Lipinski definition) is 0. The molecule has 0 fully saturated rings. The lowest BCUT2D eigenvalue weighted by Gasteiger charge is -2.09. The van der Waals surface area contributed by atoms with Crippen molar-refractivity contribution in [2.45, 2.75) is 6.92 Å². The van der Waals surface area contributed by atoms with Gasteiger partial charge in [0.25, 0.3) is 0 Å². The Morgan fingerprint density at radius 3 is 2.48 bits per heavy atom. The summed E-state index contributed by atoms with van der Waals surface area (Å²) in [5, 5.41) is 10.4. The molecule has 0 saturated heterocycles. The lowest BCUT2D eigenvalue weighted by molar-refractivity contribution is 1.20. The Bertz CT molecular complexity index is 1120. The van der Waals surface area contributed by atoms with E-state index in [0.717, 1.165) is 39.0 Å². The molecule has 4 aromatic rings. The first kappa shape index (κ1) is 15.0. The molecule has 0 unspecified atom stereocenters. The molecule has 0 aliphatic rings. The Balaban J connectivity index is 1.90. The third-order valence-electron chi connectivity index (χ3n) is 4.27. The molecule has 0 bridgehead atoms. The second-order valence-corrected chi connectivity index (χ2v) is 5.92. The fraction of sp³-hybridized carbons (Fsp3) is 0.0455. The van der Waals surface area contributed by atoms with Crippen LogP contribution in [0.2, 0.25) is 0 Å². The second kappa shape index (κ2) is 6.18. The summed E-state index contributed by atoms with van der Waals surface area (Å²) in [6.07, 6.45) is 1.79. The van der Waals surface area contributed by atoms with Crippen LogP contribution in [0.3, 0.4) is 0 Å². The van der Waals surface area contributed by atoms with E-state index in [9.17, 15) is 5.26 Å². The van der Waals surface area contributed by atoms with Crippen LogP contribution >= 0.6 is 0 Å². The highest BCUT2D eigenvalue weighted by molar-refractivity contribution is 5.93. The zero-order valence-corrected chi connectivity index (χ0v) is 13.8. The largest absolute Gasteiger partial charge is 0.237 e. The van der Waals surface area contributed by atoms with E-state index in [4.69, 9.17) is 0 Å². The van der Waals surface area contributed by atoms with Crippen LogP contribution in [-0.4, -0.2) is 9.97 Å². The standard InChI is InChI=1S/C22H15N3/c1-15-9-10-21-20(11-12-24-22(21)25-15)17-7-4-6-16(13-17)19-8-3-2-5-18(19)14-23/h2-13H,1H3. The van der Waals surface area contributed by atoms with Gasteiger partial charge in [-0.1, -0.05) is 36.4 Å². The molecular formula is C22H15N3. The number of aromatic nitrogens is 2. The molecule has 0 spiro atoms. The fourth-order valence-electron chi connectivity index (χ4n) is 3.06. The molecule has 0 aliphatic carbocycles. The van der Waals surface area contributed by atoms with E-state index in [1.54, 1.807) is 6.20 Å². The monoisotopic (exact) mass is 321 g/mol. The molecule has 2 aromatic carbocycles. The summed E-state index contributed by atoms with van der Waals surface area (Å²) in [7, 11) is 0. The molecule has 2 aromatic heterocycles. The van der Waals surface area contributed by atoms with Crippen molar-refractivity contribution in [3.63, 3.8) is 0 Å². The third kappa shape index (κ3) is 2.75. The van der Waals surface area contributed by atoms with Crippen LogP contribution in [0.15, 0.2) is 72.9 Å². The molecule has 0 aliphatic heterocycles.